The van der Waals surface area contributed by atoms with Crippen LogP contribution in [0, 0.1) is 0 Å². The van der Waals surface area contributed by atoms with Gasteiger partial charge in [0.15, 0.2) is 5.78 Å². The van der Waals surface area contributed by atoms with E-state index >= 15 is 0 Å². The molecule has 206 valence electrons. The monoisotopic (exact) mass is 548 g/mol. The van der Waals surface area contributed by atoms with Crippen molar-refractivity contribution in [2.24, 2.45) is 0 Å². The summed E-state index contributed by atoms with van der Waals surface area (Å²) >= 11 is 0. The van der Waals surface area contributed by atoms with Crippen LogP contribution in [-0.2, 0) is 0 Å². The number of methoxy groups -OCH3 is 2. The minimum Gasteiger partial charge on any atom is -0.497 e. The molecule has 0 bridgehead atoms. The van der Waals surface area contributed by atoms with E-state index in [1.54, 1.807) is 74.9 Å². The van der Waals surface area contributed by atoms with Crippen LogP contribution in [0.25, 0.3) is 28.4 Å². The van der Waals surface area contributed by atoms with E-state index in [0.29, 0.717) is 57.5 Å². The van der Waals surface area contributed by atoms with E-state index < -0.39 is 5.97 Å². The molecule has 1 aromatic heterocycles. The first-order valence-corrected chi connectivity index (χ1v) is 13.0. The molecule has 1 heterocycles. The molecule has 0 spiro atoms. The first kappa shape index (κ1) is 27.3. The van der Waals surface area contributed by atoms with Gasteiger partial charge in [0, 0.05) is 28.1 Å². The average Bonchev–Trinajstić information content (AvgIpc) is 3.40. The Morgan fingerprint density at radius 3 is 2.24 bits per heavy atom. The van der Waals surface area contributed by atoms with E-state index in [9.17, 15) is 9.59 Å². The van der Waals surface area contributed by atoms with Gasteiger partial charge in [-0.05, 0) is 73.7 Å². The van der Waals surface area contributed by atoms with Crippen molar-refractivity contribution < 1.29 is 33.0 Å². The zero-order chi connectivity index (χ0) is 28.8. The molecule has 7 nitrogen and oxygen atoms in total. The van der Waals surface area contributed by atoms with Crippen LogP contribution in [0.3, 0.4) is 0 Å². The minimum absolute atomic E-state index is 0.212. The Labute approximate surface area is 237 Å². The largest absolute Gasteiger partial charge is 0.497 e. The van der Waals surface area contributed by atoms with E-state index in [1.807, 2.05) is 43.3 Å². The Hall–Kier alpha value is -5.30. The van der Waals surface area contributed by atoms with Crippen molar-refractivity contribution >= 4 is 28.8 Å². The molecule has 0 aliphatic heterocycles. The average molecular weight is 549 g/mol. The van der Waals surface area contributed by atoms with Gasteiger partial charge in [0.2, 0.25) is 0 Å². The zero-order valence-corrected chi connectivity index (χ0v) is 22.9. The summed E-state index contributed by atoms with van der Waals surface area (Å²) in [7, 11) is 3.13. The number of ether oxygens (including phenoxy) is 4. The standard InChI is InChI=1S/C34H28O7/c1-4-39-27-17-19-30-28(20-27)32(33(41-30)24-8-6-5-7-9-24)34(36)40-25-14-10-22(11-15-25)29(35)18-13-23-12-16-26(37-2)21-31(23)38-3/h5-21H,4H2,1-3H3. The summed E-state index contributed by atoms with van der Waals surface area (Å²) in [5, 5.41) is 0.589. The highest BCUT2D eigenvalue weighted by Crippen LogP contribution is 2.36. The van der Waals surface area contributed by atoms with E-state index in [-0.39, 0.29) is 5.78 Å². The number of hydrogen-bond donors (Lipinski definition) is 0. The molecule has 7 heteroatoms. The molecule has 0 saturated heterocycles. The number of carbonyl (C=O) groups is 2. The Morgan fingerprint density at radius 1 is 0.805 bits per heavy atom. The first-order chi connectivity index (χ1) is 20.0. The van der Waals surface area contributed by atoms with E-state index in [2.05, 4.69) is 0 Å². The van der Waals surface area contributed by atoms with Crippen LogP contribution >= 0.6 is 0 Å². The van der Waals surface area contributed by atoms with Gasteiger partial charge >= 0.3 is 5.97 Å². The summed E-state index contributed by atoms with van der Waals surface area (Å²) in [6.45, 7) is 2.38. The van der Waals surface area contributed by atoms with Crippen molar-refractivity contribution in [2.45, 2.75) is 6.92 Å². The van der Waals surface area contributed by atoms with Gasteiger partial charge in [-0.2, -0.15) is 0 Å². The number of benzene rings is 4. The topological polar surface area (TPSA) is 84.2 Å². The fourth-order valence-corrected chi connectivity index (χ4v) is 4.39. The number of carbonyl (C=O) groups excluding carboxylic acids is 2. The van der Waals surface area contributed by atoms with Gasteiger partial charge in [-0.3, -0.25) is 4.79 Å². The summed E-state index contributed by atoms with van der Waals surface area (Å²) in [4.78, 5) is 26.3. The maximum absolute atomic E-state index is 13.5. The summed E-state index contributed by atoms with van der Waals surface area (Å²) in [5.74, 6) is 1.78. The predicted octanol–water partition coefficient (Wildman–Crippen LogP) is 7.63. The fraction of sp³-hybridized carbons (Fsp3) is 0.118. The van der Waals surface area contributed by atoms with E-state index in [4.69, 9.17) is 23.4 Å². The Kier molecular flexibility index (Phi) is 8.15. The highest BCUT2D eigenvalue weighted by molar-refractivity contribution is 6.10. The third-order valence-corrected chi connectivity index (χ3v) is 6.41. The molecule has 0 atom stereocenters. The number of hydrogen-bond acceptors (Lipinski definition) is 7. The van der Waals surface area contributed by atoms with Crippen molar-refractivity contribution in [1.82, 2.24) is 0 Å². The molecule has 0 amide bonds. The van der Waals surface area contributed by atoms with Crippen LogP contribution < -0.4 is 18.9 Å². The molecular formula is C34H28O7. The minimum atomic E-state index is -0.582. The molecule has 0 aliphatic carbocycles. The second kappa shape index (κ2) is 12.3. The maximum atomic E-state index is 13.5. The zero-order valence-electron chi connectivity index (χ0n) is 22.9. The van der Waals surface area contributed by atoms with Crippen molar-refractivity contribution in [2.75, 3.05) is 20.8 Å². The highest BCUT2D eigenvalue weighted by Gasteiger charge is 2.24. The van der Waals surface area contributed by atoms with Crippen molar-refractivity contribution in [1.29, 1.82) is 0 Å². The lowest BCUT2D eigenvalue weighted by Crippen LogP contribution is -2.09. The van der Waals surface area contributed by atoms with Gasteiger partial charge in [-0.1, -0.05) is 30.3 Å². The quantitative estimate of drug-likeness (QED) is 0.0768. The first-order valence-electron chi connectivity index (χ1n) is 13.0. The summed E-state index contributed by atoms with van der Waals surface area (Å²) < 4.78 is 28.1. The number of fused-ring (bicyclic) bond motifs is 1. The Balaban J connectivity index is 1.38. The normalized spacial score (nSPS) is 11.0. The SMILES string of the molecule is CCOc1ccc2oc(-c3ccccc3)c(C(=O)Oc3ccc(C(=O)C=Cc4ccc(OC)cc4OC)cc3)c2c1. The van der Waals surface area contributed by atoms with Crippen LogP contribution in [0.15, 0.2) is 101 Å². The van der Waals surface area contributed by atoms with Gasteiger partial charge in [0.25, 0.3) is 0 Å². The molecule has 5 aromatic rings. The Bertz CT molecular complexity index is 1710. The number of ketones is 1. The van der Waals surface area contributed by atoms with Gasteiger partial charge in [-0.15, -0.1) is 0 Å². The second-order valence-corrected chi connectivity index (χ2v) is 8.98. The molecule has 0 fully saturated rings. The van der Waals surface area contributed by atoms with Gasteiger partial charge in [0.05, 0.1) is 20.8 Å². The number of esters is 1. The van der Waals surface area contributed by atoms with E-state index in [0.717, 1.165) is 11.1 Å². The lowest BCUT2D eigenvalue weighted by Gasteiger charge is -2.07. The predicted molar refractivity (Wildman–Crippen MR) is 157 cm³/mol. The molecule has 0 radical (unpaired) electrons. The van der Waals surface area contributed by atoms with Crippen LogP contribution in [0.5, 0.6) is 23.0 Å². The van der Waals surface area contributed by atoms with Crippen LogP contribution in [-0.4, -0.2) is 32.6 Å². The third kappa shape index (κ3) is 5.99. The van der Waals surface area contributed by atoms with Crippen molar-refractivity contribution in [3.8, 4) is 34.3 Å². The van der Waals surface area contributed by atoms with Gasteiger partial charge in [-0.25, -0.2) is 4.79 Å². The molecular weight excluding hydrogens is 520 g/mol. The third-order valence-electron chi connectivity index (χ3n) is 6.41. The molecule has 4 aromatic carbocycles. The summed E-state index contributed by atoms with van der Waals surface area (Å²) in [6, 6.07) is 26.5. The van der Waals surface area contributed by atoms with Crippen molar-refractivity contribution in [3.05, 3.63) is 114 Å². The fourth-order valence-electron chi connectivity index (χ4n) is 4.39. The second-order valence-electron chi connectivity index (χ2n) is 8.98. The van der Waals surface area contributed by atoms with Crippen LogP contribution in [0.2, 0.25) is 0 Å². The summed E-state index contributed by atoms with van der Waals surface area (Å²) in [6.07, 6.45) is 3.14. The molecule has 0 saturated carbocycles. The number of rotatable bonds is 10. The lowest BCUT2D eigenvalue weighted by atomic mass is 10.1. The molecule has 0 N–H and O–H groups in total. The lowest BCUT2D eigenvalue weighted by molar-refractivity contribution is 0.0737. The smallest absolute Gasteiger partial charge is 0.348 e. The van der Waals surface area contributed by atoms with Gasteiger partial charge < -0.3 is 23.4 Å². The van der Waals surface area contributed by atoms with Crippen molar-refractivity contribution in [3.63, 3.8) is 0 Å². The summed E-state index contributed by atoms with van der Waals surface area (Å²) in [5.41, 5.74) is 2.76. The molecule has 5 rings (SSSR count). The highest BCUT2D eigenvalue weighted by atomic mass is 16.5. The Morgan fingerprint density at radius 2 is 1.54 bits per heavy atom. The number of furan rings is 1. The van der Waals surface area contributed by atoms with E-state index in [1.165, 1.54) is 6.08 Å². The molecule has 0 aliphatic rings. The van der Waals surface area contributed by atoms with Crippen LogP contribution in [0.1, 0.15) is 33.2 Å². The van der Waals surface area contributed by atoms with Crippen LogP contribution in [0.4, 0.5) is 0 Å². The molecule has 41 heavy (non-hydrogen) atoms. The van der Waals surface area contributed by atoms with Gasteiger partial charge in [0.1, 0.15) is 39.9 Å². The molecule has 0 unspecified atom stereocenters. The number of allylic oxidation sites excluding steroid dienone is 1. The maximum Gasteiger partial charge on any atom is 0.348 e.